The number of allylic oxidation sites excluding steroid dienone is 5. The molecule has 0 rings (SSSR count). The fraction of sp³-hybridized carbons (Fsp3) is 0.417. The van der Waals surface area contributed by atoms with E-state index in [2.05, 4.69) is 33.4 Å². The van der Waals surface area contributed by atoms with Gasteiger partial charge in [0.1, 0.15) is 0 Å². The van der Waals surface area contributed by atoms with Crippen molar-refractivity contribution in [1.82, 2.24) is 0 Å². The standard InChI is InChI=1S/C12H19N/c1-9(2)11(5)8-12(6-7-13)10(3)4/h7-8,13H,3,6H2,1-2,4-5H3/b12-8-,13-7?. The molecule has 0 saturated heterocycles. The lowest BCUT2D eigenvalue weighted by atomic mass is 10.0. The second kappa shape index (κ2) is 5.52. The van der Waals surface area contributed by atoms with Gasteiger partial charge in [-0.05, 0) is 39.5 Å². The minimum atomic E-state index is 0.681. The lowest BCUT2D eigenvalue weighted by molar-refractivity contribution is 1.22. The van der Waals surface area contributed by atoms with E-state index < -0.39 is 0 Å². The quantitative estimate of drug-likeness (QED) is 0.497. The zero-order valence-corrected chi connectivity index (χ0v) is 9.07. The van der Waals surface area contributed by atoms with Crippen LogP contribution in [0.3, 0.4) is 0 Å². The topological polar surface area (TPSA) is 23.9 Å². The summed E-state index contributed by atoms with van der Waals surface area (Å²) in [5.41, 5.74) is 4.77. The van der Waals surface area contributed by atoms with Gasteiger partial charge in [-0.3, -0.25) is 0 Å². The van der Waals surface area contributed by atoms with Crippen LogP contribution >= 0.6 is 0 Å². The fourth-order valence-electron chi connectivity index (χ4n) is 0.872. The summed E-state index contributed by atoms with van der Waals surface area (Å²) in [5.74, 6) is 0. The van der Waals surface area contributed by atoms with Gasteiger partial charge in [0.25, 0.3) is 0 Å². The van der Waals surface area contributed by atoms with E-state index >= 15 is 0 Å². The number of nitrogens with one attached hydrogen (secondary N) is 1. The average molecular weight is 177 g/mol. The Kier molecular flexibility index (Phi) is 5.05. The Morgan fingerprint density at radius 3 is 2.08 bits per heavy atom. The molecule has 1 N–H and O–H groups in total. The molecule has 1 nitrogen and oxygen atoms in total. The van der Waals surface area contributed by atoms with Crippen LogP contribution in [0.25, 0.3) is 0 Å². The summed E-state index contributed by atoms with van der Waals surface area (Å²) >= 11 is 0. The van der Waals surface area contributed by atoms with Crippen LogP contribution in [-0.4, -0.2) is 6.21 Å². The van der Waals surface area contributed by atoms with Crippen molar-refractivity contribution < 1.29 is 0 Å². The normalized spacial score (nSPS) is 10.9. The summed E-state index contributed by atoms with van der Waals surface area (Å²) < 4.78 is 0. The summed E-state index contributed by atoms with van der Waals surface area (Å²) in [6.07, 6.45) is 4.21. The molecule has 0 aromatic carbocycles. The van der Waals surface area contributed by atoms with Gasteiger partial charge in [0, 0.05) is 6.42 Å². The van der Waals surface area contributed by atoms with Gasteiger partial charge in [-0.1, -0.05) is 29.4 Å². The molecule has 0 heterocycles. The molecule has 0 unspecified atom stereocenters. The Hall–Kier alpha value is -1.11. The molecule has 0 aromatic heterocycles. The molecule has 0 fully saturated rings. The van der Waals surface area contributed by atoms with E-state index in [9.17, 15) is 0 Å². The summed E-state index contributed by atoms with van der Waals surface area (Å²) in [6.45, 7) is 12.1. The molecule has 0 radical (unpaired) electrons. The van der Waals surface area contributed by atoms with Crippen molar-refractivity contribution in [2.75, 3.05) is 0 Å². The van der Waals surface area contributed by atoms with Crippen molar-refractivity contribution in [3.8, 4) is 0 Å². The fourth-order valence-corrected chi connectivity index (χ4v) is 0.872. The summed E-state index contributed by atoms with van der Waals surface area (Å²) in [5, 5.41) is 7.06. The van der Waals surface area contributed by atoms with Crippen LogP contribution in [0.4, 0.5) is 0 Å². The largest absolute Gasteiger partial charge is 0.313 e. The van der Waals surface area contributed by atoms with Gasteiger partial charge < -0.3 is 5.41 Å². The highest BCUT2D eigenvalue weighted by Crippen LogP contribution is 2.15. The molecule has 0 aliphatic heterocycles. The Morgan fingerprint density at radius 2 is 1.77 bits per heavy atom. The van der Waals surface area contributed by atoms with Crippen LogP contribution in [0, 0.1) is 5.41 Å². The third-order valence-electron chi connectivity index (χ3n) is 2.05. The molecular weight excluding hydrogens is 158 g/mol. The van der Waals surface area contributed by atoms with E-state index in [1.807, 2.05) is 6.92 Å². The first-order valence-electron chi connectivity index (χ1n) is 4.48. The molecule has 0 aromatic rings. The number of hydrogen-bond donors (Lipinski definition) is 1. The lowest BCUT2D eigenvalue weighted by Crippen LogP contribution is -1.87. The predicted molar refractivity (Wildman–Crippen MR) is 60.3 cm³/mol. The average Bonchev–Trinajstić information content (AvgIpc) is 2.03. The van der Waals surface area contributed by atoms with Crippen molar-refractivity contribution in [2.45, 2.75) is 34.1 Å². The minimum absolute atomic E-state index is 0.681. The van der Waals surface area contributed by atoms with E-state index in [1.54, 1.807) is 0 Å². The SMILES string of the molecule is C=C(C)/C(=C\C(C)=C(C)C)CC=N. The van der Waals surface area contributed by atoms with E-state index in [-0.39, 0.29) is 0 Å². The first-order chi connectivity index (χ1) is 5.99. The highest BCUT2D eigenvalue weighted by atomic mass is 14.3. The monoisotopic (exact) mass is 177 g/mol. The Balaban J connectivity index is 4.83. The van der Waals surface area contributed by atoms with Crippen LogP contribution in [0.1, 0.15) is 34.1 Å². The van der Waals surface area contributed by atoms with Gasteiger partial charge in [0.05, 0.1) is 0 Å². The smallest absolute Gasteiger partial charge is 0.00739 e. The van der Waals surface area contributed by atoms with Gasteiger partial charge in [-0.2, -0.15) is 0 Å². The third kappa shape index (κ3) is 4.46. The number of hydrogen-bond acceptors (Lipinski definition) is 1. The zero-order chi connectivity index (χ0) is 10.4. The molecular formula is C12H19N. The van der Waals surface area contributed by atoms with Gasteiger partial charge >= 0.3 is 0 Å². The van der Waals surface area contributed by atoms with Gasteiger partial charge in [-0.15, -0.1) is 0 Å². The third-order valence-corrected chi connectivity index (χ3v) is 2.05. The van der Waals surface area contributed by atoms with E-state index in [0.29, 0.717) is 6.42 Å². The zero-order valence-electron chi connectivity index (χ0n) is 9.07. The molecule has 72 valence electrons. The van der Waals surface area contributed by atoms with Crippen molar-refractivity contribution in [3.05, 3.63) is 34.9 Å². The Labute approximate surface area is 81.4 Å². The lowest BCUT2D eigenvalue weighted by Gasteiger charge is -2.04. The first-order valence-corrected chi connectivity index (χ1v) is 4.48. The van der Waals surface area contributed by atoms with Crippen molar-refractivity contribution in [1.29, 1.82) is 5.41 Å². The molecule has 0 atom stereocenters. The summed E-state index contributed by atoms with van der Waals surface area (Å²) in [4.78, 5) is 0. The Bertz CT molecular complexity index is 263. The predicted octanol–water partition coefficient (Wildman–Crippen LogP) is 3.88. The van der Waals surface area contributed by atoms with E-state index in [1.165, 1.54) is 17.4 Å². The van der Waals surface area contributed by atoms with Crippen molar-refractivity contribution >= 4 is 6.21 Å². The molecule has 0 saturated carbocycles. The second-order valence-corrected chi connectivity index (χ2v) is 3.54. The molecule has 0 aliphatic rings. The van der Waals surface area contributed by atoms with E-state index in [4.69, 9.17) is 5.41 Å². The number of rotatable bonds is 4. The van der Waals surface area contributed by atoms with Crippen LogP contribution in [0.15, 0.2) is 34.9 Å². The van der Waals surface area contributed by atoms with Crippen LogP contribution < -0.4 is 0 Å². The van der Waals surface area contributed by atoms with Crippen LogP contribution in [0.2, 0.25) is 0 Å². The van der Waals surface area contributed by atoms with Crippen LogP contribution in [-0.2, 0) is 0 Å². The molecule has 0 spiro atoms. The molecule has 0 aliphatic carbocycles. The van der Waals surface area contributed by atoms with E-state index in [0.717, 1.165) is 11.1 Å². The molecule has 1 heteroatoms. The van der Waals surface area contributed by atoms with Gasteiger partial charge in [0.2, 0.25) is 0 Å². The maximum absolute atomic E-state index is 7.06. The highest BCUT2D eigenvalue weighted by Gasteiger charge is 1.96. The maximum atomic E-state index is 7.06. The minimum Gasteiger partial charge on any atom is -0.313 e. The van der Waals surface area contributed by atoms with Gasteiger partial charge in [-0.25, -0.2) is 0 Å². The Morgan fingerprint density at radius 1 is 1.23 bits per heavy atom. The van der Waals surface area contributed by atoms with Gasteiger partial charge in [0.15, 0.2) is 0 Å². The second-order valence-electron chi connectivity index (χ2n) is 3.54. The first kappa shape index (κ1) is 11.9. The van der Waals surface area contributed by atoms with Crippen molar-refractivity contribution in [2.24, 2.45) is 0 Å². The summed E-state index contributed by atoms with van der Waals surface area (Å²) in [7, 11) is 0. The van der Waals surface area contributed by atoms with Crippen LogP contribution in [0.5, 0.6) is 0 Å². The summed E-state index contributed by atoms with van der Waals surface area (Å²) in [6, 6.07) is 0. The maximum Gasteiger partial charge on any atom is 0.00739 e. The highest BCUT2D eigenvalue weighted by molar-refractivity contribution is 5.60. The van der Waals surface area contributed by atoms with Crippen molar-refractivity contribution in [3.63, 3.8) is 0 Å². The molecule has 0 amide bonds. The molecule has 0 bridgehead atoms. The molecule has 13 heavy (non-hydrogen) atoms.